The summed E-state index contributed by atoms with van der Waals surface area (Å²) in [6, 6.07) is 9.59. The van der Waals surface area contributed by atoms with Gasteiger partial charge in [0.05, 0.1) is 22.9 Å². The number of aryl methyl sites for hydroxylation is 1. The fourth-order valence-electron chi connectivity index (χ4n) is 2.19. The summed E-state index contributed by atoms with van der Waals surface area (Å²) in [6.45, 7) is 3.79. The Morgan fingerprint density at radius 2 is 2.24 bits per heavy atom. The highest BCUT2D eigenvalue weighted by Crippen LogP contribution is 2.28. The molecule has 2 aromatic heterocycles. The molecule has 0 unspecified atom stereocenters. The molecule has 8 heteroatoms. The second-order valence-corrected chi connectivity index (χ2v) is 7.65. The number of H-pyrrole nitrogens is 1. The summed E-state index contributed by atoms with van der Waals surface area (Å²) in [6.07, 6.45) is 0. The Balaban J connectivity index is 1.66. The normalized spacial score (nSPS) is 12.0. The van der Waals surface area contributed by atoms with Gasteiger partial charge >= 0.3 is 0 Å². The zero-order valence-electron chi connectivity index (χ0n) is 14.1. The third-order valence-electron chi connectivity index (χ3n) is 3.48. The highest BCUT2D eigenvalue weighted by molar-refractivity contribution is 8.00. The number of aromatic amines is 1. The van der Waals surface area contributed by atoms with Crippen molar-refractivity contribution >= 4 is 34.7 Å². The Hall–Kier alpha value is -2.32. The molecular weight excluding hydrogens is 356 g/mol. The Bertz CT molecular complexity index is 861. The molecule has 1 aromatic carbocycles. The predicted molar refractivity (Wildman–Crippen MR) is 101 cm³/mol. The number of thioether (sulfide) groups is 1. The summed E-state index contributed by atoms with van der Waals surface area (Å²) in [5.74, 6) is 1.22. The monoisotopic (exact) mass is 374 g/mol. The minimum Gasteiger partial charge on any atom is -0.495 e. The van der Waals surface area contributed by atoms with Gasteiger partial charge in [-0.05, 0) is 43.0 Å². The van der Waals surface area contributed by atoms with Crippen LogP contribution < -0.4 is 10.1 Å². The maximum absolute atomic E-state index is 12.5. The zero-order valence-corrected chi connectivity index (χ0v) is 15.7. The lowest BCUT2D eigenvalue weighted by Crippen LogP contribution is -2.22. The van der Waals surface area contributed by atoms with Crippen LogP contribution in [-0.2, 0) is 4.79 Å². The Morgan fingerprint density at radius 1 is 1.40 bits per heavy atom. The van der Waals surface area contributed by atoms with Gasteiger partial charge in [-0.1, -0.05) is 23.9 Å². The lowest BCUT2D eigenvalue weighted by atomic mass is 10.2. The molecule has 3 aromatic rings. The molecule has 0 aliphatic rings. The van der Waals surface area contributed by atoms with Crippen LogP contribution in [0.2, 0.25) is 0 Å². The van der Waals surface area contributed by atoms with Crippen molar-refractivity contribution in [3.05, 3.63) is 41.3 Å². The van der Waals surface area contributed by atoms with E-state index < -0.39 is 0 Å². The third-order valence-corrected chi connectivity index (χ3v) is 5.32. The number of carbonyl (C=O) groups excluding carboxylic acids is 1. The van der Waals surface area contributed by atoms with Crippen molar-refractivity contribution in [2.75, 3.05) is 12.4 Å². The van der Waals surface area contributed by atoms with Crippen molar-refractivity contribution in [3.8, 4) is 16.5 Å². The summed E-state index contributed by atoms with van der Waals surface area (Å²) < 4.78 is 5.29. The van der Waals surface area contributed by atoms with E-state index in [9.17, 15) is 4.79 Å². The Labute approximate surface area is 154 Å². The first-order valence-electron chi connectivity index (χ1n) is 7.65. The number of rotatable bonds is 6. The van der Waals surface area contributed by atoms with Gasteiger partial charge in [-0.3, -0.25) is 9.89 Å². The van der Waals surface area contributed by atoms with Crippen LogP contribution in [0.3, 0.4) is 0 Å². The highest BCUT2D eigenvalue weighted by Gasteiger charge is 2.19. The van der Waals surface area contributed by atoms with Gasteiger partial charge in [-0.2, -0.15) is 0 Å². The number of ether oxygens (including phenoxy) is 1. The molecule has 0 fully saturated rings. The van der Waals surface area contributed by atoms with Crippen LogP contribution in [-0.4, -0.2) is 33.4 Å². The molecule has 1 atom stereocenters. The summed E-state index contributed by atoms with van der Waals surface area (Å²) >= 11 is 2.89. The van der Waals surface area contributed by atoms with Crippen LogP contribution in [0.4, 0.5) is 5.69 Å². The van der Waals surface area contributed by atoms with E-state index in [0.717, 1.165) is 10.4 Å². The molecular formula is C17H18N4O2S2. The lowest BCUT2D eigenvalue weighted by molar-refractivity contribution is -0.115. The fraction of sp³-hybridized carbons (Fsp3) is 0.235. The molecule has 0 radical (unpaired) electrons. The number of hydrogen-bond donors (Lipinski definition) is 2. The molecule has 0 aliphatic carbocycles. The average molecular weight is 374 g/mol. The van der Waals surface area contributed by atoms with Crippen molar-refractivity contribution in [2.45, 2.75) is 24.3 Å². The van der Waals surface area contributed by atoms with Crippen LogP contribution >= 0.6 is 23.1 Å². The SMILES string of the molecule is COc1ccc(C)cc1NC(=O)[C@@H](C)Sc1n[nH]c(-c2cccs2)n1. The van der Waals surface area contributed by atoms with Gasteiger partial charge in [0.25, 0.3) is 0 Å². The zero-order chi connectivity index (χ0) is 17.8. The number of nitrogens with one attached hydrogen (secondary N) is 2. The molecule has 3 rings (SSSR count). The molecule has 2 N–H and O–H groups in total. The molecule has 0 saturated heterocycles. The molecule has 0 saturated carbocycles. The number of amides is 1. The van der Waals surface area contributed by atoms with Gasteiger partial charge in [0.1, 0.15) is 5.75 Å². The number of carbonyl (C=O) groups is 1. The van der Waals surface area contributed by atoms with Crippen molar-refractivity contribution in [1.82, 2.24) is 15.2 Å². The van der Waals surface area contributed by atoms with Gasteiger partial charge in [-0.15, -0.1) is 16.4 Å². The Kier molecular flexibility index (Phi) is 5.40. The van der Waals surface area contributed by atoms with E-state index in [1.165, 1.54) is 11.8 Å². The summed E-state index contributed by atoms with van der Waals surface area (Å²) in [4.78, 5) is 17.9. The predicted octanol–water partition coefficient (Wildman–Crippen LogP) is 3.97. The van der Waals surface area contributed by atoms with Crippen molar-refractivity contribution in [3.63, 3.8) is 0 Å². The van der Waals surface area contributed by atoms with Crippen molar-refractivity contribution in [1.29, 1.82) is 0 Å². The second-order valence-electron chi connectivity index (χ2n) is 5.40. The van der Waals surface area contributed by atoms with Crippen LogP contribution in [0.1, 0.15) is 12.5 Å². The molecule has 2 heterocycles. The van der Waals surface area contributed by atoms with Crippen molar-refractivity contribution < 1.29 is 9.53 Å². The minimum absolute atomic E-state index is 0.128. The number of aromatic nitrogens is 3. The molecule has 1 amide bonds. The van der Waals surface area contributed by atoms with Crippen LogP contribution in [0.15, 0.2) is 40.9 Å². The molecule has 0 aliphatic heterocycles. The third kappa shape index (κ3) is 4.21. The van der Waals surface area contributed by atoms with Crippen LogP contribution in [0.25, 0.3) is 10.7 Å². The van der Waals surface area contributed by atoms with Gasteiger partial charge in [0.2, 0.25) is 11.1 Å². The highest BCUT2D eigenvalue weighted by atomic mass is 32.2. The van der Waals surface area contributed by atoms with Crippen LogP contribution in [0.5, 0.6) is 5.75 Å². The van der Waals surface area contributed by atoms with Gasteiger partial charge in [0, 0.05) is 0 Å². The number of hydrogen-bond acceptors (Lipinski definition) is 6. The van der Waals surface area contributed by atoms with Crippen molar-refractivity contribution in [2.24, 2.45) is 0 Å². The van der Waals surface area contributed by atoms with Gasteiger partial charge in [0.15, 0.2) is 5.82 Å². The van der Waals surface area contributed by atoms with E-state index in [4.69, 9.17) is 4.74 Å². The first-order valence-corrected chi connectivity index (χ1v) is 9.41. The van der Waals surface area contributed by atoms with E-state index in [2.05, 4.69) is 20.5 Å². The number of benzene rings is 1. The number of nitrogens with zero attached hydrogens (tertiary/aromatic N) is 2. The smallest absolute Gasteiger partial charge is 0.237 e. The molecule has 130 valence electrons. The maximum atomic E-state index is 12.5. The fourth-order valence-corrected chi connectivity index (χ4v) is 3.58. The van der Waals surface area contributed by atoms with E-state index in [1.54, 1.807) is 18.4 Å². The summed E-state index contributed by atoms with van der Waals surface area (Å²) in [5, 5.41) is 12.2. The first-order chi connectivity index (χ1) is 12.1. The topological polar surface area (TPSA) is 79.9 Å². The van der Waals surface area contributed by atoms with Crippen LogP contribution in [0, 0.1) is 6.92 Å². The maximum Gasteiger partial charge on any atom is 0.237 e. The second kappa shape index (κ2) is 7.71. The van der Waals surface area contributed by atoms with E-state index in [0.29, 0.717) is 22.4 Å². The van der Waals surface area contributed by atoms with E-state index in [1.807, 2.05) is 49.6 Å². The number of thiophene rings is 1. The number of anilines is 1. The summed E-state index contributed by atoms with van der Waals surface area (Å²) in [5.41, 5.74) is 1.71. The molecule has 0 spiro atoms. The van der Waals surface area contributed by atoms with Gasteiger partial charge < -0.3 is 10.1 Å². The minimum atomic E-state index is -0.350. The van der Waals surface area contributed by atoms with E-state index in [-0.39, 0.29) is 11.2 Å². The largest absolute Gasteiger partial charge is 0.495 e. The Morgan fingerprint density at radius 3 is 2.96 bits per heavy atom. The molecule has 0 bridgehead atoms. The average Bonchev–Trinajstić information content (AvgIpc) is 3.26. The molecule has 6 nitrogen and oxygen atoms in total. The number of methoxy groups -OCH3 is 1. The lowest BCUT2D eigenvalue weighted by Gasteiger charge is -2.13. The summed E-state index contributed by atoms with van der Waals surface area (Å²) in [7, 11) is 1.58. The quantitative estimate of drug-likeness (QED) is 0.638. The van der Waals surface area contributed by atoms with E-state index >= 15 is 0 Å². The first kappa shape index (κ1) is 17.5. The van der Waals surface area contributed by atoms with Gasteiger partial charge in [-0.25, -0.2) is 4.98 Å². The molecule has 25 heavy (non-hydrogen) atoms. The standard InChI is InChI=1S/C17H18N4O2S2/c1-10-6-7-13(23-3)12(9-10)18-16(22)11(2)25-17-19-15(20-21-17)14-5-4-8-24-14/h4-9,11H,1-3H3,(H,18,22)(H,19,20,21)/t11-/m1/s1.